The van der Waals surface area contributed by atoms with E-state index in [0.29, 0.717) is 13.0 Å². The second kappa shape index (κ2) is 12.2. The number of amides is 2. The molecule has 0 radical (unpaired) electrons. The minimum atomic E-state index is -0.978. The van der Waals surface area contributed by atoms with Crippen LogP contribution in [-0.4, -0.2) is 56.0 Å². The molecule has 1 aliphatic carbocycles. The number of alkyl carbamates (subject to hydrolysis) is 1. The highest BCUT2D eigenvalue weighted by atomic mass is 16.5. The quantitative estimate of drug-likeness (QED) is 0.439. The number of hydrogen-bond donors (Lipinski definition) is 3. The summed E-state index contributed by atoms with van der Waals surface area (Å²) in [6.45, 7) is 2.72. The van der Waals surface area contributed by atoms with Gasteiger partial charge in [0.25, 0.3) is 0 Å². The van der Waals surface area contributed by atoms with Crippen molar-refractivity contribution in [2.75, 3.05) is 26.8 Å². The summed E-state index contributed by atoms with van der Waals surface area (Å²) >= 11 is 0. The Morgan fingerprint density at radius 2 is 1.59 bits per heavy atom. The van der Waals surface area contributed by atoms with Crippen LogP contribution in [0.25, 0.3) is 11.1 Å². The topological polar surface area (TPSA) is 114 Å². The van der Waals surface area contributed by atoms with E-state index in [1.807, 2.05) is 31.2 Å². The average Bonchev–Trinajstić information content (AvgIpc) is 3.14. The molecule has 2 unspecified atom stereocenters. The number of fused-ring (bicyclic) bond motifs is 3. The van der Waals surface area contributed by atoms with E-state index in [9.17, 15) is 14.4 Å². The van der Waals surface area contributed by atoms with Crippen LogP contribution >= 0.6 is 0 Å². The number of hydrogen-bond acceptors (Lipinski definition) is 5. The molecule has 0 fully saturated rings. The molecule has 2 aromatic carbocycles. The molecule has 182 valence electrons. The maximum Gasteiger partial charge on any atom is 0.407 e. The zero-order valence-corrected chi connectivity index (χ0v) is 19.6. The number of aliphatic carboxylic acids is 1. The molecule has 0 aliphatic heterocycles. The Labute approximate surface area is 199 Å². The van der Waals surface area contributed by atoms with Crippen LogP contribution in [0.2, 0.25) is 0 Å². The van der Waals surface area contributed by atoms with Crippen molar-refractivity contribution < 1.29 is 29.0 Å². The highest BCUT2D eigenvalue weighted by Crippen LogP contribution is 2.44. The molecule has 0 saturated carbocycles. The maximum atomic E-state index is 12.3. The number of rotatable bonds is 12. The van der Waals surface area contributed by atoms with E-state index < -0.39 is 18.2 Å². The van der Waals surface area contributed by atoms with Gasteiger partial charge < -0.3 is 25.2 Å². The van der Waals surface area contributed by atoms with Crippen molar-refractivity contribution in [3.05, 3.63) is 59.7 Å². The van der Waals surface area contributed by atoms with Gasteiger partial charge in [-0.05, 0) is 34.6 Å². The lowest BCUT2D eigenvalue weighted by Crippen LogP contribution is -2.35. The lowest BCUT2D eigenvalue weighted by atomic mass is 9.98. The molecular weight excluding hydrogens is 436 g/mol. The molecule has 2 aromatic rings. The standard InChI is InChI=1S/C26H32N2O6/c1-17(13-24(29)28-15-18(33-2)14-25(30)31)11-12-27-26(32)34-16-23-21-9-5-3-7-19(21)20-8-4-6-10-22(20)23/h3-10,17-18,23H,11-16H2,1-2H3,(H,27,32)(H,28,29)(H,30,31). The summed E-state index contributed by atoms with van der Waals surface area (Å²) in [4.78, 5) is 35.1. The zero-order chi connectivity index (χ0) is 24.5. The molecule has 0 aromatic heterocycles. The van der Waals surface area contributed by atoms with Gasteiger partial charge in [0.2, 0.25) is 5.91 Å². The van der Waals surface area contributed by atoms with E-state index in [-0.39, 0.29) is 43.7 Å². The minimum absolute atomic E-state index is 0.0119. The predicted molar refractivity (Wildman–Crippen MR) is 128 cm³/mol. The summed E-state index contributed by atoms with van der Waals surface area (Å²) in [6.07, 6.45) is -0.325. The van der Waals surface area contributed by atoms with Crippen molar-refractivity contribution in [1.29, 1.82) is 0 Å². The third-order valence-corrected chi connectivity index (χ3v) is 6.05. The summed E-state index contributed by atoms with van der Waals surface area (Å²) < 4.78 is 10.6. The van der Waals surface area contributed by atoms with Crippen molar-refractivity contribution in [1.82, 2.24) is 10.6 Å². The van der Waals surface area contributed by atoms with Gasteiger partial charge in [-0.15, -0.1) is 0 Å². The van der Waals surface area contributed by atoms with E-state index in [4.69, 9.17) is 14.6 Å². The lowest BCUT2D eigenvalue weighted by molar-refractivity contribution is -0.140. The summed E-state index contributed by atoms with van der Waals surface area (Å²) in [6, 6.07) is 16.3. The van der Waals surface area contributed by atoms with Gasteiger partial charge in [-0.1, -0.05) is 55.5 Å². The van der Waals surface area contributed by atoms with E-state index in [1.54, 1.807) is 0 Å². The van der Waals surface area contributed by atoms with Crippen LogP contribution in [-0.2, 0) is 19.1 Å². The molecular formula is C26H32N2O6. The molecule has 3 rings (SSSR count). The molecule has 3 N–H and O–H groups in total. The first-order valence-electron chi connectivity index (χ1n) is 11.5. The Bertz CT molecular complexity index is 963. The zero-order valence-electron chi connectivity index (χ0n) is 19.6. The molecule has 8 nitrogen and oxygen atoms in total. The number of methoxy groups -OCH3 is 1. The van der Waals surface area contributed by atoms with Crippen molar-refractivity contribution >= 4 is 18.0 Å². The Morgan fingerprint density at radius 3 is 2.18 bits per heavy atom. The Kier molecular flexibility index (Phi) is 9.04. The fourth-order valence-electron chi connectivity index (χ4n) is 4.22. The van der Waals surface area contributed by atoms with Gasteiger partial charge >= 0.3 is 12.1 Å². The maximum absolute atomic E-state index is 12.3. The number of benzene rings is 2. The molecule has 0 bridgehead atoms. The second-order valence-corrected chi connectivity index (χ2v) is 8.61. The number of carboxylic acid groups (broad SMARTS) is 1. The Morgan fingerprint density at radius 1 is 0.971 bits per heavy atom. The summed E-state index contributed by atoms with van der Waals surface area (Å²) in [5.74, 6) is -1.11. The van der Waals surface area contributed by atoms with Gasteiger partial charge in [0.05, 0.1) is 12.5 Å². The Balaban J connectivity index is 1.37. The SMILES string of the molecule is COC(CNC(=O)CC(C)CCNC(=O)OCC1c2ccccc2-c2ccccc21)CC(=O)O. The fourth-order valence-corrected chi connectivity index (χ4v) is 4.22. The largest absolute Gasteiger partial charge is 0.481 e. The number of ether oxygens (including phenoxy) is 2. The first-order valence-corrected chi connectivity index (χ1v) is 11.5. The van der Waals surface area contributed by atoms with Gasteiger partial charge in [-0.2, -0.15) is 0 Å². The molecule has 0 spiro atoms. The lowest BCUT2D eigenvalue weighted by Gasteiger charge is -2.16. The van der Waals surface area contributed by atoms with E-state index in [1.165, 1.54) is 18.2 Å². The predicted octanol–water partition coefficient (Wildman–Crippen LogP) is 3.55. The molecule has 0 heterocycles. The third kappa shape index (κ3) is 6.81. The van der Waals surface area contributed by atoms with Crippen molar-refractivity contribution in [2.45, 2.75) is 38.2 Å². The summed E-state index contributed by atoms with van der Waals surface area (Å²) in [5.41, 5.74) is 4.68. The van der Waals surface area contributed by atoms with Gasteiger partial charge in [0.15, 0.2) is 0 Å². The van der Waals surface area contributed by atoms with Crippen LogP contribution in [0.3, 0.4) is 0 Å². The molecule has 1 aliphatic rings. The van der Waals surface area contributed by atoms with Crippen LogP contribution in [0.4, 0.5) is 4.79 Å². The van der Waals surface area contributed by atoms with Gasteiger partial charge in [0.1, 0.15) is 6.61 Å². The van der Waals surface area contributed by atoms with Crippen LogP contribution in [0, 0.1) is 5.92 Å². The number of carboxylic acids is 1. The van der Waals surface area contributed by atoms with Gasteiger partial charge in [0, 0.05) is 32.5 Å². The summed E-state index contributed by atoms with van der Waals surface area (Å²) in [5, 5.41) is 14.3. The minimum Gasteiger partial charge on any atom is -0.481 e. The molecule has 2 atom stereocenters. The van der Waals surface area contributed by atoms with E-state index >= 15 is 0 Å². The number of carbonyl (C=O) groups is 3. The highest BCUT2D eigenvalue weighted by molar-refractivity contribution is 5.79. The van der Waals surface area contributed by atoms with Gasteiger partial charge in [-0.3, -0.25) is 9.59 Å². The van der Waals surface area contributed by atoms with Crippen molar-refractivity contribution in [3.63, 3.8) is 0 Å². The van der Waals surface area contributed by atoms with Crippen molar-refractivity contribution in [2.24, 2.45) is 5.92 Å². The number of carbonyl (C=O) groups excluding carboxylic acids is 2. The van der Waals surface area contributed by atoms with Crippen LogP contribution in [0.15, 0.2) is 48.5 Å². The van der Waals surface area contributed by atoms with E-state index in [2.05, 4.69) is 34.9 Å². The summed E-state index contributed by atoms with van der Waals surface area (Å²) in [7, 11) is 1.41. The van der Waals surface area contributed by atoms with Crippen LogP contribution in [0.5, 0.6) is 0 Å². The number of nitrogens with one attached hydrogen (secondary N) is 2. The first kappa shape index (κ1) is 25.2. The molecule has 0 saturated heterocycles. The monoisotopic (exact) mass is 468 g/mol. The first-order chi connectivity index (χ1) is 16.4. The molecule has 2 amide bonds. The van der Waals surface area contributed by atoms with Crippen molar-refractivity contribution in [3.8, 4) is 11.1 Å². The smallest absolute Gasteiger partial charge is 0.407 e. The van der Waals surface area contributed by atoms with Crippen LogP contribution < -0.4 is 10.6 Å². The highest BCUT2D eigenvalue weighted by Gasteiger charge is 2.29. The Hall–Kier alpha value is -3.39. The molecule has 34 heavy (non-hydrogen) atoms. The normalized spacial score (nSPS) is 13.9. The fraction of sp³-hybridized carbons (Fsp3) is 0.423. The average molecular weight is 469 g/mol. The van der Waals surface area contributed by atoms with Crippen LogP contribution in [0.1, 0.15) is 43.2 Å². The van der Waals surface area contributed by atoms with E-state index in [0.717, 1.165) is 11.1 Å². The second-order valence-electron chi connectivity index (χ2n) is 8.61. The van der Waals surface area contributed by atoms with Gasteiger partial charge in [-0.25, -0.2) is 4.79 Å². The third-order valence-electron chi connectivity index (χ3n) is 6.05. The molecule has 8 heteroatoms.